The highest BCUT2D eigenvalue weighted by Crippen LogP contribution is 2.09. The Balaban J connectivity index is 2.12. The molecule has 0 unspecified atom stereocenters. The van der Waals surface area contributed by atoms with Crippen LogP contribution >= 0.6 is 0 Å². The summed E-state index contributed by atoms with van der Waals surface area (Å²) in [5, 5.41) is 8.81. The van der Waals surface area contributed by atoms with E-state index in [0.29, 0.717) is 11.3 Å². The van der Waals surface area contributed by atoms with Crippen LogP contribution in [0.3, 0.4) is 0 Å². The van der Waals surface area contributed by atoms with E-state index in [1.54, 1.807) is 20.8 Å². The fraction of sp³-hybridized carbons (Fsp3) is 0.368. The van der Waals surface area contributed by atoms with Crippen LogP contribution < -0.4 is 21.9 Å². The summed E-state index contributed by atoms with van der Waals surface area (Å²) < 4.78 is 18.0. The molecule has 1 heterocycles. The van der Waals surface area contributed by atoms with Crippen molar-refractivity contribution in [1.82, 2.24) is 21.2 Å². The molecule has 5 N–H and O–H groups in total. The number of amides is 3. The Morgan fingerprint density at radius 3 is 2.31 bits per heavy atom. The number of nitrogens with one attached hydrogen (secondary N) is 3. The lowest BCUT2D eigenvalue weighted by Gasteiger charge is -2.24. The van der Waals surface area contributed by atoms with Gasteiger partial charge in [0.05, 0.1) is 0 Å². The van der Waals surface area contributed by atoms with Gasteiger partial charge in [0, 0.05) is 12.5 Å². The van der Waals surface area contributed by atoms with Crippen LogP contribution in [-0.2, 0) is 16.0 Å². The lowest BCUT2D eigenvalue weighted by atomic mass is 10.0. The molecule has 29 heavy (non-hydrogen) atoms. The van der Waals surface area contributed by atoms with Gasteiger partial charge in [0.25, 0.3) is 11.8 Å². The van der Waals surface area contributed by atoms with E-state index < -0.39 is 35.6 Å². The maximum absolute atomic E-state index is 13.1. The van der Waals surface area contributed by atoms with Gasteiger partial charge in [-0.2, -0.15) is 0 Å². The Hall–Kier alpha value is -3.27. The standard InChI is InChI=1S/C19H24FN5O4/c1-10(2)16(23-17(26)15-8-11(3)29-25-15)19(28)22-14(18(27)24-21)9-12-4-6-13(20)7-5-12/h4-8,10,14,16H,9,21H2,1-3H3,(H,22,28)(H,23,26)(H,24,27)/t14-,16-/m0/s1. The Morgan fingerprint density at radius 1 is 1.14 bits per heavy atom. The van der Waals surface area contributed by atoms with Crippen molar-refractivity contribution in [2.75, 3.05) is 0 Å². The van der Waals surface area contributed by atoms with Gasteiger partial charge in [-0.05, 0) is 30.5 Å². The average Bonchev–Trinajstić information content (AvgIpc) is 3.12. The van der Waals surface area contributed by atoms with Crippen molar-refractivity contribution in [3.8, 4) is 0 Å². The molecule has 10 heteroatoms. The number of halogens is 1. The normalized spacial score (nSPS) is 12.9. The van der Waals surface area contributed by atoms with Crippen LogP contribution in [0.1, 0.15) is 35.7 Å². The molecule has 0 saturated heterocycles. The van der Waals surface area contributed by atoms with E-state index in [2.05, 4.69) is 15.8 Å². The molecule has 0 spiro atoms. The first-order chi connectivity index (χ1) is 13.7. The van der Waals surface area contributed by atoms with Gasteiger partial charge in [0.1, 0.15) is 23.7 Å². The van der Waals surface area contributed by atoms with Crippen LogP contribution in [0.15, 0.2) is 34.9 Å². The van der Waals surface area contributed by atoms with Crippen molar-refractivity contribution in [2.24, 2.45) is 11.8 Å². The highest BCUT2D eigenvalue weighted by molar-refractivity contribution is 5.97. The zero-order valence-electron chi connectivity index (χ0n) is 16.4. The van der Waals surface area contributed by atoms with Crippen LogP contribution in [0, 0.1) is 18.7 Å². The van der Waals surface area contributed by atoms with E-state index in [9.17, 15) is 18.8 Å². The average molecular weight is 405 g/mol. The smallest absolute Gasteiger partial charge is 0.274 e. The molecule has 0 radical (unpaired) electrons. The fourth-order valence-corrected chi connectivity index (χ4v) is 2.65. The van der Waals surface area contributed by atoms with E-state index in [1.807, 2.05) is 5.43 Å². The van der Waals surface area contributed by atoms with Crippen LogP contribution in [0.2, 0.25) is 0 Å². The molecular weight excluding hydrogens is 381 g/mol. The predicted octanol–water partition coefficient (Wildman–Crippen LogP) is 0.594. The molecule has 2 aromatic rings. The monoisotopic (exact) mass is 405 g/mol. The Morgan fingerprint density at radius 2 is 1.79 bits per heavy atom. The minimum Gasteiger partial charge on any atom is -0.361 e. The van der Waals surface area contributed by atoms with Crippen LogP contribution in [0.25, 0.3) is 0 Å². The summed E-state index contributed by atoms with van der Waals surface area (Å²) in [6.45, 7) is 5.13. The molecule has 1 aromatic carbocycles. The summed E-state index contributed by atoms with van der Waals surface area (Å²) in [6, 6.07) is 5.03. The molecule has 9 nitrogen and oxygen atoms in total. The second kappa shape index (κ2) is 9.78. The third-order valence-corrected chi connectivity index (χ3v) is 4.22. The van der Waals surface area contributed by atoms with Crippen LogP contribution in [0.4, 0.5) is 4.39 Å². The molecule has 0 aliphatic heterocycles. The highest BCUT2D eigenvalue weighted by Gasteiger charge is 2.29. The van der Waals surface area contributed by atoms with Crippen molar-refractivity contribution >= 4 is 17.7 Å². The van der Waals surface area contributed by atoms with Crippen molar-refractivity contribution in [3.63, 3.8) is 0 Å². The van der Waals surface area contributed by atoms with Crippen molar-refractivity contribution in [2.45, 2.75) is 39.3 Å². The van der Waals surface area contributed by atoms with Crippen molar-refractivity contribution < 1.29 is 23.3 Å². The lowest BCUT2D eigenvalue weighted by molar-refractivity contribution is -0.130. The molecule has 2 rings (SSSR count). The molecule has 0 bridgehead atoms. The lowest BCUT2D eigenvalue weighted by Crippen LogP contribution is -2.56. The summed E-state index contributed by atoms with van der Waals surface area (Å²) in [5.41, 5.74) is 2.68. The first-order valence-electron chi connectivity index (χ1n) is 9.00. The molecule has 0 aliphatic carbocycles. The van der Waals surface area contributed by atoms with Gasteiger partial charge in [-0.3, -0.25) is 19.8 Å². The van der Waals surface area contributed by atoms with Crippen LogP contribution in [0.5, 0.6) is 0 Å². The minimum atomic E-state index is -1.01. The fourth-order valence-electron chi connectivity index (χ4n) is 2.65. The SMILES string of the molecule is Cc1cc(C(=O)N[C@H](C(=O)N[C@@H](Cc2ccc(F)cc2)C(=O)NN)C(C)C)no1. The largest absolute Gasteiger partial charge is 0.361 e. The summed E-state index contributed by atoms with van der Waals surface area (Å²) in [6.07, 6.45) is 0.0935. The number of carbonyl (C=O) groups is 3. The van der Waals surface area contributed by atoms with E-state index in [1.165, 1.54) is 30.3 Å². The summed E-state index contributed by atoms with van der Waals surface area (Å²) in [4.78, 5) is 37.2. The van der Waals surface area contributed by atoms with Crippen molar-refractivity contribution in [3.05, 3.63) is 53.2 Å². The molecule has 0 aliphatic rings. The van der Waals surface area contributed by atoms with Gasteiger partial charge >= 0.3 is 0 Å². The molecule has 156 valence electrons. The van der Waals surface area contributed by atoms with Crippen molar-refractivity contribution in [1.29, 1.82) is 0 Å². The number of nitrogens with two attached hydrogens (primary N) is 1. The second-order valence-corrected chi connectivity index (χ2v) is 6.92. The predicted molar refractivity (Wildman–Crippen MR) is 102 cm³/mol. The number of nitrogens with zero attached hydrogens (tertiary/aromatic N) is 1. The van der Waals surface area contributed by atoms with E-state index in [0.717, 1.165) is 0 Å². The first-order valence-corrected chi connectivity index (χ1v) is 9.00. The van der Waals surface area contributed by atoms with Gasteiger partial charge in [-0.15, -0.1) is 0 Å². The second-order valence-electron chi connectivity index (χ2n) is 6.92. The van der Waals surface area contributed by atoms with Gasteiger partial charge < -0.3 is 15.2 Å². The summed E-state index contributed by atoms with van der Waals surface area (Å²) in [7, 11) is 0. The highest BCUT2D eigenvalue weighted by atomic mass is 19.1. The molecule has 2 atom stereocenters. The number of aromatic nitrogens is 1. The number of hydrogen-bond acceptors (Lipinski definition) is 6. The van der Waals surface area contributed by atoms with Gasteiger partial charge in [0.2, 0.25) is 5.91 Å². The van der Waals surface area contributed by atoms with Gasteiger partial charge in [0.15, 0.2) is 5.69 Å². The Labute approximate surface area is 167 Å². The molecular formula is C19H24FN5O4. The number of benzene rings is 1. The van der Waals surface area contributed by atoms with Gasteiger partial charge in [-0.25, -0.2) is 10.2 Å². The molecule has 0 saturated carbocycles. The Bertz CT molecular complexity index is 866. The number of carbonyl (C=O) groups excluding carboxylic acids is 3. The third-order valence-electron chi connectivity index (χ3n) is 4.22. The first kappa shape index (κ1) is 22.0. The van der Waals surface area contributed by atoms with E-state index in [-0.39, 0.29) is 18.0 Å². The molecule has 1 aromatic heterocycles. The maximum atomic E-state index is 13.1. The number of hydrazine groups is 1. The molecule has 0 fully saturated rings. The Kier molecular flexibility index (Phi) is 7.43. The van der Waals surface area contributed by atoms with Crippen LogP contribution in [-0.4, -0.2) is 35.0 Å². The third kappa shape index (κ3) is 6.11. The zero-order chi connectivity index (χ0) is 21.6. The zero-order valence-corrected chi connectivity index (χ0v) is 16.4. The number of aryl methyl sites for hydroxylation is 1. The summed E-state index contributed by atoms with van der Waals surface area (Å²) in [5.74, 6) is 3.23. The quantitative estimate of drug-likeness (QED) is 0.288. The minimum absolute atomic E-state index is 0.0449. The van der Waals surface area contributed by atoms with Gasteiger partial charge in [-0.1, -0.05) is 31.1 Å². The molecule has 3 amide bonds. The number of hydrogen-bond donors (Lipinski definition) is 4. The summed E-state index contributed by atoms with van der Waals surface area (Å²) >= 11 is 0. The topological polar surface area (TPSA) is 139 Å². The maximum Gasteiger partial charge on any atom is 0.274 e. The number of rotatable bonds is 8. The van der Waals surface area contributed by atoms with E-state index in [4.69, 9.17) is 10.4 Å². The van der Waals surface area contributed by atoms with E-state index >= 15 is 0 Å².